The van der Waals surface area contributed by atoms with E-state index in [1.807, 2.05) is 23.3 Å². The van der Waals surface area contributed by atoms with Crippen molar-refractivity contribution in [2.24, 2.45) is 0 Å². The van der Waals surface area contributed by atoms with Crippen LogP contribution in [0.25, 0.3) is 0 Å². The van der Waals surface area contributed by atoms with Crippen molar-refractivity contribution in [3.05, 3.63) is 52.2 Å². The number of benzene rings is 1. The van der Waals surface area contributed by atoms with Gasteiger partial charge in [-0.05, 0) is 69.4 Å². The summed E-state index contributed by atoms with van der Waals surface area (Å²) in [7, 11) is 6.40. The zero-order valence-corrected chi connectivity index (χ0v) is 20.7. The summed E-state index contributed by atoms with van der Waals surface area (Å²) in [5.41, 5.74) is 2.78. The molecule has 1 atom stereocenters. The van der Waals surface area contributed by atoms with Gasteiger partial charge in [-0.3, -0.25) is 9.69 Å². The van der Waals surface area contributed by atoms with Crippen molar-refractivity contribution in [3.8, 4) is 0 Å². The lowest BCUT2D eigenvalue weighted by Gasteiger charge is -2.46. The van der Waals surface area contributed by atoms with Gasteiger partial charge in [0.05, 0.1) is 5.54 Å². The standard InChI is InChI=1S/C26H38N4OS/c1-28(2)26(24-10-6-19-32-24)13-17-30(18-14-26)16-7-15-29(3)25(31)12-11-21-20-27-23-9-5-4-8-22(21)23/h4-6,8-10,19,21,27H,7,11-18,20H2,1-3H3. The van der Waals surface area contributed by atoms with Gasteiger partial charge in [0.25, 0.3) is 0 Å². The van der Waals surface area contributed by atoms with E-state index in [4.69, 9.17) is 0 Å². The monoisotopic (exact) mass is 454 g/mol. The Kier molecular flexibility index (Phi) is 7.54. The fraction of sp³-hybridized carbons (Fsp3) is 0.577. The Balaban J connectivity index is 1.17. The summed E-state index contributed by atoms with van der Waals surface area (Å²) in [6.45, 7) is 5.12. The first-order valence-electron chi connectivity index (χ1n) is 12.0. The van der Waals surface area contributed by atoms with E-state index in [9.17, 15) is 4.79 Å². The molecule has 32 heavy (non-hydrogen) atoms. The Labute approximate surface area is 197 Å². The molecule has 2 aromatic rings. The van der Waals surface area contributed by atoms with Crippen molar-refractivity contribution < 1.29 is 4.79 Å². The summed E-state index contributed by atoms with van der Waals surface area (Å²) in [6.07, 6.45) is 4.95. The molecule has 1 N–H and O–H groups in total. The summed E-state index contributed by atoms with van der Waals surface area (Å²) >= 11 is 1.88. The number of hydrogen-bond acceptors (Lipinski definition) is 5. The lowest BCUT2D eigenvalue weighted by atomic mass is 9.84. The van der Waals surface area contributed by atoms with Gasteiger partial charge in [0.1, 0.15) is 0 Å². The number of rotatable bonds is 9. The van der Waals surface area contributed by atoms with Gasteiger partial charge in [-0.15, -0.1) is 11.3 Å². The minimum absolute atomic E-state index is 0.186. The van der Waals surface area contributed by atoms with Gasteiger partial charge in [-0.25, -0.2) is 0 Å². The number of piperidine rings is 1. The van der Waals surface area contributed by atoms with Crippen LogP contribution in [-0.4, -0.2) is 74.5 Å². The molecule has 1 unspecified atom stereocenters. The average molecular weight is 455 g/mol. The van der Waals surface area contributed by atoms with E-state index in [0.29, 0.717) is 12.3 Å². The topological polar surface area (TPSA) is 38.8 Å². The van der Waals surface area contributed by atoms with Gasteiger partial charge in [0.2, 0.25) is 5.91 Å². The maximum Gasteiger partial charge on any atom is 0.222 e. The average Bonchev–Trinajstić information content (AvgIpc) is 3.48. The molecule has 1 aromatic carbocycles. The van der Waals surface area contributed by atoms with E-state index in [1.54, 1.807) is 0 Å². The van der Waals surface area contributed by atoms with E-state index in [-0.39, 0.29) is 11.4 Å². The van der Waals surface area contributed by atoms with Crippen LogP contribution in [0.2, 0.25) is 0 Å². The zero-order chi connectivity index (χ0) is 22.6. The smallest absolute Gasteiger partial charge is 0.222 e. The molecular formula is C26H38N4OS. The second-order valence-corrected chi connectivity index (χ2v) is 10.6. The van der Waals surface area contributed by atoms with Gasteiger partial charge in [0.15, 0.2) is 0 Å². The summed E-state index contributed by atoms with van der Waals surface area (Å²) in [4.78, 5) is 21.1. The molecular weight excluding hydrogens is 416 g/mol. The Morgan fingerprint density at radius 2 is 1.94 bits per heavy atom. The van der Waals surface area contributed by atoms with Gasteiger partial charge >= 0.3 is 0 Å². The van der Waals surface area contributed by atoms with Crippen LogP contribution < -0.4 is 5.32 Å². The molecule has 4 rings (SSSR count). The number of anilines is 1. The van der Waals surface area contributed by atoms with E-state index < -0.39 is 0 Å². The Hall–Kier alpha value is -1.89. The van der Waals surface area contributed by atoms with Crippen LogP contribution in [-0.2, 0) is 10.3 Å². The molecule has 174 valence electrons. The molecule has 0 aliphatic carbocycles. The lowest BCUT2D eigenvalue weighted by molar-refractivity contribution is -0.130. The van der Waals surface area contributed by atoms with Crippen LogP contribution in [0.4, 0.5) is 5.69 Å². The van der Waals surface area contributed by atoms with Gasteiger partial charge < -0.3 is 15.1 Å². The second-order valence-electron chi connectivity index (χ2n) is 9.62. The van der Waals surface area contributed by atoms with E-state index >= 15 is 0 Å². The summed E-state index contributed by atoms with van der Waals surface area (Å²) in [5.74, 6) is 0.731. The number of para-hydroxylation sites is 1. The predicted octanol–water partition coefficient (Wildman–Crippen LogP) is 4.44. The molecule has 0 bridgehead atoms. The molecule has 1 aromatic heterocycles. The normalized spacial score (nSPS) is 20.2. The van der Waals surface area contributed by atoms with Crippen LogP contribution in [0.3, 0.4) is 0 Å². The third-order valence-electron chi connectivity index (χ3n) is 7.56. The molecule has 1 fully saturated rings. The zero-order valence-electron chi connectivity index (χ0n) is 19.8. The number of thiophene rings is 1. The van der Waals surface area contributed by atoms with Crippen LogP contribution in [0.5, 0.6) is 0 Å². The lowest BCUT2D eigenvalue weighted by Crippen LogP contribution is -2.50. The third kappa shape index (κ3) is 5.03. The van der Waals surface area contributed by atoms with Crippen molar-refractivity contribution in [2.75, 3.05) is 59.2 Å². The van der Waals surface area contributed by atoms with Crippen LogP contribution in [0, 0.1) is 0 Å². The van der Waals surface area contributed by atoms with Crippen LogP contribution in [0.1, 0.15) is 48.5 Å². The molecule has 0 saturated carbocycles. The van der Waals surface area contributed by atoms with Crippen molar-refractivity contribution >= 4 is 22.9 Å². The summed E-state index contributed by atoms with van der Waals surface area (Å²) in [5, 5.41) is 5.66. The summed E-state index contributed by atoms with van der Waals surface area (Å²) in [6, 6.07) is 12.9. The number of hydrogen-bond donors (Lipinski definition) is 1. The van der Waals surface area contributed by atoms with Crippen molar-refractivity contribution in [2.45, 2.75) is 43.6 Å². The first-order chi connectivity index (χ1) is 15.5. The molecule has 2 aliphatic heterocycles. The van der Waals surface area contributed by atoms with E-state index in [1.165, 1.54) is 29.0 Å². The molecule has 1 amide bonds. The number of carbonyl (C=O) groups excluding carboxylic acids is 1. The van der Waals surface area contributed by atoms with Crippen molar-refractivity contribution in [1.29, 1.82) is 0 Å². The highest BCUT2D eigenvalue weighted by Crippen LogP contribution is 2.39. The number of likely N-dealkylation sites (tertiary alicyclic amines) is 1. The highest BCUT2D eigenvalue weighted by Gasteiger charge is 2.38. The molecule has 2 aliphatic rings. The molecule has 5 nitrogen and oxygen atoms in total. The first-order valence-corrected chi connectivity index (χ1v) is 12.9. The fourth-order valence-electron chi connectivity index (χ4n) is 5.36. The first kappa shape index (κ1) is 23.3. The van der Waals surface area contributed by atoms with Crippen LogP contribution in [0.15, 0.2) is 41.8 Å². The number of nitrogens with one attached hydrogen (secondary N) is 1. The number of carbonyl (C=O) groups is 1. The molecule has 1 saturated heterocycles. The predicted molar refractivity (Wildman–Crippen MR) is 135 cm³/mol. The van der Waals surface area contributed by atoms with Gasteiger partial charge in [0, 0.05) is 56.1 Å². The Bertz CT molecular complexity index is 874. The summed E-state index contributed by atoms with van der Waals surface area (Å²) < 4.78 is 0. The maximum absolute atomic E-state index is 12.7. The Morgan fingerprint density at radius 1 is 1.16 bits per heavy atom. The minimum Gasteiger partial charge on any atom is -0.384 e. The number of fused-ring (bicyclic) bond motifs is 1. The van der Waals surface area contributed by atoms with Gasteiger partial charge in [-0.1, -0.05) is 24.3 Å². The second kappa shape index (κ2) is 10.4. The van der Waals surface area contributed by atoms with Gasteiger partial charge in [-0.2, -0.15) is 0 Å². The molecule has 3 heterocycles. The van der Waals surface area contributed by atoms with E-state index in [2.05, 4.69) is 71.0 Å². The number of nitrogens with zero attached hydrogens (tertiary/aromatic N) is 3. The molecule has 0 radical (unpaired) electrons. The van der Waals surface area contributed by atoms with E-state index in [0.717, 1.165) is 45.6 Å². The van der Waals surface area contributed by atoms with Crippen LogP contribution >= 0.6 is 11.3 Å². The third-order valence-corrected chi connectivity index (χ3v) is 8.62. The number of amides is 1. The maximum atomic E-state index is 12.7. The highest BCUT2D eigenvalue weighted by atomic mass is 32.1. The quantitative estimate of drug-likeness (QED) is 0.608. The largest absolute Gasteiger partial charge is 0.384 e. The van der Waals surface area contributed by atoms with Crippen molar-refractivity contribution in [1.82, 2.24) is 14.7 Å². The van der Waals surface area contributed by atoms with Crippen molar-refractivity contribution in [3.63, 3.8) is 0 Å². The fourth-order valence-corrected chi connectivity index (χ4v) is 6.43. The highest BCUT2D eigenvalue weighted by molar-refractivity contribution is 7.10. The molecule has 6 heteroatoms. The SMILES string of the molecule is CN(CCCN1CCC(c2cccs2)(N(C)C)CC1)C(=O)CCC1CNc2ccccc21. The molecule has 0 spiro atoms. The minimum atomic E-state index is 0.186. The Morgan fingerprint density at radius 3 is 2.66 bits per heavy atom.